The Balaban J connectivity index is 1.63. The summed E-state index contributed by atoms with van der Waals surface area (Å²) in [5, 5.41) is 12.6. The summed E-state index contributed by atoms with van der Waals surface area (Å²) in [5.41, 5.74) is 8.29. The molecule has 0 radical (unpaired) electrons. The smallest absolute Gasteiger partial charge is 0.0679 e. The average Bonchev–Trinajstić information content (AvgIpc) is 3.25. The normalized spacial score (nSPS) is 11.5. The second-order valence-corrected chi connectivity index (χ2v) is 9.66. The van der Waals surface area contributed by atoms with Gasteiger partial charge in [-0.1, -0.05) is 109 Å². The van der Waals surface area contributed by atoms with E-state index in [1.165, 1.54) is 54.6 Å². The van der Waals surface area contributed by atoms with Gasteiger partial charge in [0.1, 0.15) is 0 Å². The standard InChI is InChI=1S/C35H26N2/c1-23-33(24(2)37(36-23)26-15-4-3-5-16-26)35-31-20-10-8-18-29(31)34(30-19-9-11-21-32(30)35)28-22-12-14-25-13-6-7-17-27(25)28/h3-22H,1-2H3. The van der Waals surface area contributed by atoms with E-state index in [2.05, 4.69) is 134 Å². The van der Waals surface area contributed by atoms with E-state index in [1.807, 2.05) is 6.07 Å². The number of rotatable bonds is 3. The van der Waals surface area contributed by atoms with Crippen LogP contribution >= 0.6 is 0 Å². The number of nitrogens with zero attached hydrogens (tertiary/aromatic N) is 2. The molecule has 1 aromatic heterocycles. The molecule has 0 saturated heterocycles. The van der Waals surface area contributed by atoms with Crippen LogP contribution in [0.25, 0.3) is 60.3 Å². The highest BCUT2D eigenvalue weighted by atomic mass is 15.3. The van der Waals surface area contributed by atoms with Crippen molar-refractivity contribution >= 4 is 32.3 Å². The molecule has 0 aliphatic rings. The van der Waals surface area contributed by atoms with Crippen molar-refractivity contribution in [2.45, 2.75) is 13.8 Å². The van der Waals surface area contributed by atoms with Crippen molar-refractivity contribution in [3.63, 3.8) is 0 Å². The second kappa shape index (κ2) is 8.46. The number of benzene rings is 6. The number of hydrogen-bond acceptors (Lipinski definition) is 1. The number of hydrogen-bond donors (Lipinski definition) is 0. The Morgan fingerprint density at radius 3 is 1.62 bits per heavy atom. The summed E-state index contributed by atoms with van der Waals surface area (Å²) in [7, 11) is 0. The van der Waals surface area contributed by atoms with Gasteiger partial charge in [0.25, 0.3) is 0 Å². The van der Waals surface area contributed by atoms with Crippen molar-refractivity contribution in [3.05, 3.63) is 133 Å². The van der Waals surface area contributed by atoms with Gasteiger partial charge in [-0.2, -0.15) is 5.10 Å². The summed E-state index contributed by atoms with van der Waals surface area (Å²) in [5.74, 6) is 0. The Hall–Kier alpha value is -4.69. The van der Waals surface area contributed by atoms with Crippen molar-refractivity contribution < 1.29 is 0 Å². The van der Waals surface area contributed by atoms with E-state index in [0.717, 1.165) is 17.1 Å². The fourth-order valence-electron chi connectivity index (χ4n) is 5.96. The number of fused-ring (bicyclic) bond motifs is 3. The van der Waals surface area contributed by atoms with Crippen LogP contribution in [0.3, 0.4) is 0 Å². The Kier molecular flexibility index (Phi) is 4.93. The van der Waals surface area contributed by atoms with Crippen molar-refractivity contribution in [1.29, 1.82) is 0 Å². The van der Waals surface area contributed by atoms with Gasteiger partial charge >= 0.3 is 0 Å². The zero-order chi connectivity index (χ0) is 24.9. The third kappa shape index (κ3) is 3.30. The molecule has 0 aliphatic heterocycles. The minimum absolute atomic E-state index is 1.04. The molecule has 0 N–H and O–H groups in total. The van der Waals surface area contributed by atoms with E-state index in [-0.39, 0.29) is 0 Å². The summed E-state index contributed by atoms with van der Waals surface area (Å²) in [6.07, 6.45) is 0. The highest BCUT2D eigenvalue weighted by molar-refractivity contribution is 6.23. The van der Waals surface area contributed by atoms with Gasteiger partial charge in [0.2, 0.25) is 0 Å². The van der Waals surface area contributed by atoms with Gasteiger partial charge in [-0.3, -0.25) is 0 Å². The third-order valence-electron chi connectivity index (χ3n) is 7.53. The summed E-state index contributed by atoms with van der Waals surface area (Å²) >= 11 is 0. The maximum Gasteiger partial charge on any atom is 0.0679 e. The first-order valence-electron chi connectivity index (χ1n) is 12.8. The van der Waals surface area contributed by atoms with Gasteiger partial charge in [-0.05, 0) is 69.4 Å². The summed E-state index contributed by atoms with van der Waals surface area (Å²) in [6, 6.07) is 43.4. The highest BCUT2D eigenvalue weighted by Gasteiger charge is 2.22. The van der Waals surface area contributed by atoms with Gasteiger partial charge in [0, 0.05) is 16.8 Å². The maximum absolute atomic E-state index is 5.01. The van der Waals surface area contributed by atoms with Crippen molar-refractivity contribution in [1.82, 2.24) is 9.78 Å². The molecule has 0 spiro atoms. The van der Waals surface area contributed by atoms with Crippen LogP contribution in [0.2, 0.25) is 0 Å². The number of para-hydroxylation sites is 1. The maximum atomic E-state index is 5.01. The molecule has 37 heavy (non-hydrogen) atoms. The monoisotopic (exact) mass is 474 g/mol. The average molecular weight is 475 g/mol. The molecule has 176 valence electrons. The van der Waals surface area contributed by atoms with E-state index < -0.39 is 0 Å². The lowest BCUT2D eigenvalue weighted by Gasteiger charge is -2.19. The van der Waals surface area contributed by atoms with Gasteiger partial charge in [-0.25, -0.2) is 4.68 Å². The van der Waals surface area contributed by atoms with Crippen LogP contribution < -0.4 is 0 Å². The van der Waals surface area contributed by atoms with E-state index in [1.54, 1.807) is 0 Å². The van der Waals surface area contributed by atoms with Crippen LogP contribution in [0, 0.1) is 13.8 Å². The van der Waals surface area contributed by atoms with Gasteiger partial charge in [-0.15, -0.1) is 0 Å². The lowest BCUT2D eigenvalue weighted by Crippen LogP contribution is -1.98. The number of aryl methyl sites for hydroxylation is 1. The Morgan fingerprint density at radius 1 is 0.459 bits per heavy atom. The molecule has 6 aromatic carbocycles. The van der Waals surface area contributed by atoms with Gasteiger partial charge in [0.15, 0.2) is 0 Å². The van der Waals surface area contributed by atoms with Crippen LogP contribution in [-0.4, -0.2) is 9.78 Å². The Morgan fingerprint density at radius 2 is 0.973 bits per heavy atom. The lowest BCUT2D eigenvalue weighted by atomic mass is 9.84. The van der Waals surface area contributed by atoms with E-state index >= 15 is 0 Å². The zero-order valence-electron chi connectivity index (χ0n) is 20.9. The molecule has 0 saturated carbocycles. The molecule has 2 heteroatoms. The third-order valence-corrected chi connectivity index (χ3v) is 7.53. The molecule has 2 nitrogen and oxygen atoms in total. The predicted octanol–water partition coefficient (Wildman–Crippen LogP) is 9.28. The second-order valence-electron chi connectivity index (χ2n) is 9.66. The van der Waals surface area contributed by atoms with Crippen molar-refractivity contribution in [2.75, 3.05) is 0 Å². The summed E-state index contributed by atoms with van der Waals surface area (Å²) in [6.45, 7) is 4.31. The molecule has 1 heterocycles. The predicted molar refractivity (Wildman–Crippen MR) is 156 cm³/mol. The van der Waals surface area contributed by atoms with E-state index in [4.69, 9.17) is 5.10 Å². The van der Waals surface area contributed by atoms with Crippen LogP contribution in [0.15, 0.2) is 121 Å². The van der Waals surface area contributed by atoms with E-state index in [9.17, 15) is 0 Å². The van der Waals surface area contributed by atoms with Crippen LogP contribution in [-0.2, 0) is 0 Å². The minimum Gasteiger partial charge on any atom is -0.237 e. The van der Waals surface area contributed by atoms with E-state index in [0.29, 0.717) is 0 Å². The van der Waals surface area contributed by atoms with Crippen molar-refractivity contribution in [3.8, 4) is 27.9 Å². The quantitative estimate of drug-likeness (QED) is 0.233. The highest BCUT2D eigenvalue weighted by Crippen LogP contribution is 2.46. The largest absolute Gasteiger partial charge is 0.237 e. The molecular weight excluding hydrogens is 448 g/mol. The molecule has 0 bridgehead atoms. The SMILES string of the molecule is Cc1nn(-c2ccccc2)c(C)c1-c1c2ccccc2c(-c2cccc3ccccc23)c2ccccc12. The summed E-state index contributed by atoms with van der Waals surface area (Å²) in [4.78, 5) is 0. The van der Waals surface area contributed by atoms with Crippen LogP contribution in [0.4, 0.5) is 0 Å². The van der Waals surface area contributed by atoms with Gasteiger partial charge < -0.3 is 0 Å². The minimum atomic E-state index is 1.04. The van der Waals surface area contributed by atoms with Gasteiger partial charge in [0.05, 0.1) is 11.4 Å². The van der Waals surface area contributed by atoms with Crippen LogP contribution in [0.1, 0.15) is 11.4 Å². The first-order chi connectivity index (χ1) is 18.2. The molecule has 0 amide bonds. The molecule has 7 aromatic rings. The molecular formula is C35H26N2. The topological polar surface area (TPSA) is 17.8 Å². The first-order valence-corrected chi connectivity index (χ1v) is 12.8. The Bertz CT molecular complexity index is 1880. The fraction of sp³-hybridized carbons (Fsp3) is 0.0571. The van der Waals surface area contributed by atoms with Crippen LogP contribution in [0.5, 0.6) is 0 Å². The zero-order valence-corrected chi connectivity index (χ0v) is 20.9. The number of aromatic nitrogens is 2. The lowest BCUT2D eigenvalue weighted by molar-refractivity contribution is 0.834. The van der Waals surface area contributed by atoms with Crippen molar-refractivity contribution in [2.24, 2.45) is 0 Å². The molecule has 0 unspecified atom stereocenters. The molecule has 0 aliphatic carbocycles. The fourth-order valence-corrected chi connectivity index (χ4v) is 5.96. The summed E-state index contributed by atoms with van der Waals surface area (Å²) < 4.78 is 2.08. The molecule has 0 atom stereocenters. The Labute approximate surface area is 216 Å². The first kappa shape index (κ1) is 21.6. The molecule has 7 rings (SSSR count). The molecule has 0 fully saturated rings.